The Morgan fingerprint density at radius 2 is 2.20 bits per heavy atom. The van der Waals surface area contributed by atoms with E-state index in [0.717, 1.165) is 0 Å². The van der Waals surface area contributed by atoms with E-state index in [1.54, 1.807) is 15.9 Å². The highest BCUT2D eigenvalue weighted by Gasteiger charge is 2.40. The third-order valence-electron chi connectivity index (χ3n) is 4.55. The second-order valence-electron chi connectivity index (χ2n) is 6.24. The molecule has 2 fully saturated rings. The highest BCUT2D eigenvalue weighted by molar-refractivity contribution is 5.82. The Balaban J connectivity index is 1.45. The second-order valence-corrected chi connectivity index (χ2v) is 6.24. The van der Waals surface area contributed by atoms with Crippen molar-refractivity contribution in [2.75, 3.05) is 32.8 Å². The van der Waals surface area contributed by atoms with Gasteiger partial charge in [-0.05, 0) is 6.07 Å². The summed E-state index contributed by atoms with van der Waals surface area (Å²) in [5.74, 6) is 0.707. The van der Waals surface area contributed by atoms with Crippen molar-refractivity contribution in [3.05, 3.63) is 24.5 Å². The van der Waals surface area contributed by atoms with Crippen molar-refractivity contribution in [2.24, 2.45) is 0 Å². The average molecular weight is 350 g/mol. The highest BCUT2D eigenvalue weighted by Crippen LogP contribution is 2.25. The number of rotatable bonds is 4. The van der Waals surface area contributed by atoms with Gasteiger partial charge in [0.05, 0.1) is 37.6 Å². The van der Waals surface area contributed by atoms with Crippen LogP contribution in [-0.4, -0.2) is 70.9 Å². The van der Waals surface area contributed by atoms with E-state index >= 15 is 0 Å². The summed E-state index contributed by atoms with van der Waals surface area (Å²) in [5.41, 5.74) is 0.709. The van der Waals surface area contributed by atoms with Gasteiger partial charge in [0, 0.05) is 26.1 Å². The number of hydrogen-bond donors (Lipinski definition) is 0. The van der Waals surface area contributed by atoms with Crippen LogP contribution in [-0.2, 0) is 16.1 Å². The van der Waals surface area contributed by atoms with Crippen molar-refractivity contribution < 1.29 is 22.9 Å². The first-order valence-corrected chi connectivity index (χ1v) is 8.30. The van der Waals surface area contributed by atoms with Crippen molar-refractivity contribution in [1.29, 1.82) is 0 Å². The van der Waals surface area contributed by atoms with E-state index in [1.165, 1.54) is 12.5 Å². The van der Waals surface area contributed by atoms with E-state index in [2.05, 4.69) is 10.1 Å². The monoisotopic (exact) mass is 350 g/mol. The van der Waals surface area contributed by atoms with Crippen LogP contribution >= 0.6 is 0 Å². The van der Waals surface area contributed by atoms with Crippen LogP contribution < -0.4 is 0 Å². The molecule has 2 aliphatic heterocycles. The van der Waals surface area contributed by atoms with Gasteiger partial charge in [-0.25, -0.2) is 4.39 Å². The molecule has 0 spiro atoms. The normalized spacial score (nSPS) is 24.8. The molecule has 0 N–H and O–H groups in total. The van der Waals surface area contributed by atoms with E-state index in [0.29, 0.717) is 43.6 Å². The van der Waals surface area contributed by atoms with E-state index in [4.69, 9.17) is 13.7 Å². The minimum absolute atomic E-state index is 0.0574. The molecule has 4 heterocycles. The summed E-state index contributed by atoms with van der Waals surface area (Å²) in [6.07, 6.45) is 2.20. The van der Waals surface area contributed by atoms with Crippen LogP contribution in [0.1, 0.15) is 12.3 Å². The summed E-state index contributed by atoms with van der Waals surface area (Å²) in [6, 6.07) is 1.23. The molecule has 2 atom stereocenters. The molecule has 0 radical (unpaired) electrons. The van der Waals surface area contributed by atoms with Gasteiger partial charge < -0.3 is 18.6 Å². The molecular weight excluding hydrogens is 331 g/mol. The van der Waals surface area contributed by atoms with Gasteiger partial charge in [-0.15, -0.1) is 0 Å². The molecule has 2 saturated heterocycles. The van der Waals surface area contributed by atoms with E-state index in [9.17, 15) is 9.18 Å². The van der Waals surface area contributed by atoms with Crippen molar-refractivity contribution in [3.8, 4) is 11.4 Å². The van der Waals surface area contributed by atoms with Crippen molar-refractivity contribution in [1.82, 2.24) is 19.9 Å². The first-order chi connectivity index (χ1) is 12.2. The van der Waals surface area contributed by atoms with E-state index in [-0.39, 0.29) is 25.4 Å². The lowest BCUT2D eigenvalue weighted by Crippen LogP contribution is -2.49. The minimum atomic E-state index is -1.04. The molecule has 0 unspecified atom stereocenters. The molecule has 8 nitrogen and oxygen atoms in total. The van der Waals surface area contributed by atoms with Gasteiger partial charge in [-0.2, -0.15) is 4.98 Å². The molecular formula is C16H19FN4O4. The average Bonchev–Trinajstić information content (AvgIpc) is 3.36. The molecule has 25 heavy (non-hydrogen) atoms. The lowest BCUT2D eigenvalue weighted by Gasteiger charge is -2.31. The third kappa shape index (κ3) is 3.42. The Morgan fingerprint density at radius 3 is 2.96 bits per heavy atom. The topological polar surface area (TPSA) is 84.8 Å². The predicted octanol–water partition coefficient (Wildman–Crippen LogP) is 1.10. The van der Waals surface area contributed by atoms with Crippen LogP contribution in [0.4, 0.5) is 4.39 Å². The number of hydrogen-bond acceptors (Lipinski definition) is 7. The number of carbonyl (C=O) groups excluding carboxylic acids is 1. The molecule has 2 aromatic heterocycles. The Morgan fingerprint density at radius 1 is 1.36 bits per heavy atom. The molecule has 0 saturated carbocycles. The Labute approximate surface area is 143 Å². The van der Waals surface area contributed by atoms with Gasteiger partial charge in [0.1, 0.15) is 12.4 Å². The molecule has 2 aliphatic rings. The van der Waals surface area contributed by atoms with Gasteiger partial charge in [-0.3, -0.25) is 9.69 Å². The van der Waals surface area contributed by atoms with Crippen LogP contribution in [0.3, 0.4) is 0 Å². The largest absolute Gasteiger partial charge is 0.472 e. The molecule has 0 bridgehead atoms. The van der Waals surface area contributed by atoms with Crippen LogP contribution in [0.25, 0.3) is 11.4 Å². The number of aromatic nitrogens is 2. The van der Waals surface area contributed by atoms with Crippen molar-refractivity contribution in [2.45, 2.75) is 25.2 Å². The molecule has 0 aliphatic carbocycles. The van der Waals surface area contributed by atoms with Crippen LogP contribution in [0, 0.1) is 0 Å². The van der Waals surface area contributed by atoms with Crippen molar-refractivity contribution in [3.63, 3.8) is 0 Å². The number of nitrogens with zero attached hydrogens (tertiary/aromatic N) is 4. The summed E-state index contributed by atoms with van der Waals surface area (Å²) in [4.78, 5) is 20.5. The summed E-state index contributed by atoms with van der Waals surface area (Å²) >= 11 is 0. The Hall–Kier alpha value is -2.26. The van der Waals surface area contributed by atoms with Gasteiger partial charge >= 0.3 is 0 Å². The van der Waals surface area contributed by atoms with Crippen LogP contribution in [0.5, 0.6) is 0 Å². The number of alkyl halides is 1. The first-order valence-electron chi connectivity index (χ1n) is 8.30. The summed E-state index contributed by atoms with van der Waals surface area (Å²) in [5, 5.41) is 3.90. The maximum absolute atomic E-state index is 14.0. The smallest absolute Gasteiger partial charge is 0.241 e. The fourth-order valence-corrected chi connectivity index (χ4v) is 3.28. The second kappa shape index (κ2) is 6.93. The third-order valence-corrected chi connectivity index (χ3v) is 4.55. The molecule has 134 valence electrons. The molecule has 9 heteroatoms. The number of ether oxygens (including phenoxy) is 1. The zero-order chi connectivity index (χ0) is 17.2. The predicted molar refractivity (Wildman–Crippen MR) is 83.1 cm³/mol. The molecule has 4 rings (SSSR count). The van der Waals surface area contributed by atoms with Gasteiger partial charge in [0.25, 0.3) is 0 Å². The number of amides is 1. The minimum Gasteiger partial charge on any atom is -0.472 e. The molecule has 0 aromatic carbocycles. The number of halogens is 1. The maximum atomic E-state index is 14.0. The Bertz CT molecular complexity index is 714. The fourth-order valence-electron chi connectivity index (χ4n) is 3.28. The molecule has 2 aromatic rings. The SMILES string of the molecule is O=C([C@@H]1C[C@@H](F)CN1Cc1nc(-c2ccoc2)no1)N1CCOCC1. The number of furan rings is 1. The first kappa shape index (κ1) is 16.2. The summed E-state index contributed by atoms with van der Waals surface area (Å²) < 4.78 is 29.5. The molecule has 1 amide bonds. The summed E-state index contributed by atoms with van der Waals surface area (Å²) in [7, 11) is 0. The number of carbonyl (C=O) groups is 1. The van der Waals surface area contributed by atoms with Gasteiger partial charge in [0.2, 0.25) is 17.6 Å². The van der Waals surface area contributed by atoms with Gasteiger partial charge in [-0.1, -0.05) is 5.16 Å². The summed E-state index contributed by atoms with van der Waals surface area (Å²) in [6.45, 7) is 2.57. The number of morpholine rings is 1. The standard InChI is InChI=1S/C16H19FN4O4/c17-12-7-13(16(22)20-2-5-23-6-3-20)21(8-12)9-14-18-15(19-25-14)11-1-4-24-10-11/h1,4,10,12-13H,2-3,5-9H2/t12-,13+/m1/s1. The maximum Gasteiger partial charge on any atom is 0.241 e. The zero-order valence-corrected chi connectivity index (χ0v) is 13.6. The van der Waals surface area contributed by atoms with Crippen LogP contribution in [0.2, 0.25) is 0 Å². The highest BCUT2D eigenvalue weighted by atomic mass is 19.1. The quantitative estimate of drug-likeness (QED) is 0.816. The van der Waals surface area contributed by atoms with Gasteiger partial charge in [0.15, 0.2) is 0 Å². The van der Waals surface area contributed by atoms with Crippen LogP contribution in [0.15, 0.2) is 27.5 Å². The fraction of sp³-hybridized carbons (Fsp3) is 0.562. The lowest BCUT2D eigenvalue weighted by atomic mass is 10.1. The number of likely N-dealkylation sites (tertiary alicyclic amines) is 1. The lowest BCUT2D eigenvalue weighted by molar-refractivity contribution is -0.140. The Kier molecular flexibility index (Phi) is 4.50. The van der Waals surface area contributed by atoms with E-state index < -0.39 is 12.2 Å². The van der Waals surface area contributed by atoms with Crippen molar-refractivity contribution >= 4 is 5.91 Å². The zero-order valence-electron chi connectivity index (χ0n) is 13.6. The van der Waals surface area contributed by atoms with E-state index in [1.807, 2.05) is 0 Å².